The number of hydrogen-bond acceptors (Lipinski definition) is 4. The molecule has 0 saturated carbocycles. The molecule has 0 aliphatic heterocycles. The maximum Gasteiger partial charge on any atom is 0.280 e. The van der Waals surface area contributed by atoms with Crippen molar-refractivity contribution in [3.05, 3.63) is 35.4 Å². The Kier molecular flexibility index (Phi) is 3.48. The molecule has 0 aliphatic carbocycles. The SMILES string of the molecule is CC(=O)c1ccccc1C(=NO)OCl. The maximum absolute atomic E-state index is 11.2. The predicted octanol–water partition coefficient (Wildman–Crippen LogP) is 2.20. The van der Waals surface area contributed by atoms with E-state index in [1.807, 2.05) is 0 Å². The average molecular weight is 214 g/mol. The number of carbonyl (C=O) groups is 1. The van der Waals surface area contributed by atoms with Crippen LogP contribution in [0.2, 0.25) is 0 Å². The minimum absolute atomic E-state index is 0.157. The molecular formula is C9H8ClNO3. The van der Waals surface area contributed by atoms with Crippen LogP contribution in [-0.2, 0) is 4.29 Å². The van der Waals surface area contributed by atoms with Crippen LogP contribution in [-0.4, -0.2) is 16.9 Å². The van der Waals surface area contributed by atoms with E-state index in [1.54, 1.807) is 24.3 Å². The van der Waals surface area contributed by atoms with Crippen LogP contribution < -0.4 is 0 Å². The first-order valence-electron chi connectivity index (χ1n) is 3.81. The summed E-state index contributed by atoms with van der Waals surface area (Å²) in [7, 11) is 0. The van der Waals surface area contributed by atoms with Crippen molar-refractivity contribution in [2.24, 2.45) is 5.16 Å². The van der Waals surface area contributed by atoms with Crippen LogP contribution in [0.25, 0.3) is 0 Å². The van der Waals surface area contributed by atoms with E-state index in [-0.39, 0.29) is 11.7 Å². The first-order chi connectivity index (χ1) is 6.70. The summed E-state index contributed by atoms with van der Waals surface area (Å²) in [6, 6.07) is 6.55. The number of benzene rings is 1. The van der Waals surface area contributed by atoms with Gasteiger partial charge in [0.2, 0.25) is 0 Å². The number of hydrogen-bond donors (Lipinski definition) is 1. The maximum atomic E-state index is 11.2. The summed E-state index contributed by atoms with van der Waals surface area (Å²) >= 11 is 5.08. The Morgan fingerprint density at radius 3 is 2.43 bits per heavy atom. The molecule has 14 heavy (non-hydrogen) atoms. The molecule has 74 valence electrons. The van der Waals surface area contributed by atoms with Gasteiger partial charge in [0.05, 0.1) is 5.56 Å². The van der Waals surface area contributed by atoms with Gasteiger partial charge in [0.25, 0.3) is 5.90 Å². The molecule has 0 aromatic heterocycles. The third kappa shape index (κ3) is 2.03. The summed E-state index contributed by atoms with van der Waals surface area (Å²) in [4.78, 5) is 11.2. The molecule has 0 bridgehead atoms. The highest BCUT2D eigenvalue weighted by Gasteiger charge is 2.13. The molecule has 0 unspecified atom stereocenters. The van der Waals surface area contributed by atoms with Crippen molar-refractivity contribution >= 4 is 23.5 Å². The molecule has 1 N–H and O–H groups in total. The van der Waals surface area contributed by atoms with Gasteiger partial charge in [-0.3, -0.25) is 4.79 Å². The van der Waals surface area contributed by atoms with Crippen molar-refractivity contribution in [2.75, 3.05) is 0 Å². The van der Waals surface area contributed by atoms with E-state index < -0.39 is 0 Å². The largest absolute Gasteiger partial charge is 0.408 e. The fraction of sp³-hybridized carbons (Fsp3) is 0.111. The molecule has 1 aromatic rings. The summed E-state index contributed by atoms with van der Waals surface area (Å²) < 4.78 is 4.30. The second kappa shape index (κ2) is 4.62. The first-order valence-corrected chi connectivity index (χ1v) is 4.12. The van der Waals surface area contributed by atoms with Gasteiger partial charge in [0.1, 0.15) is 11.9 Å². The molecule has 1 rings (SSSR count). The number of rotatable bonds is 2. The molecule has 0 fully saturated rings. The minimum atomic E-state index is -0.197. The monoisotopic (exact) mass is 213 g/mol. The molecule has 0 amide bonds. The number of halogens is 1. The topological polar surface area (TPSA) is 58.9 Å². The Balaban J connectivity index is 3.26. The van der Waals surface area contributed by atoms with Crippen LogP contribution in [0.3, 0.4) is 0 Å². The van der Waals surface area contributed by atoms with Crippen LogP contribution in [0.5, 0.6) is 0 Å². The molecule has 0 spiro atoms. The second-order valence-corrected chi connectivity index (χ2v) is 2.74. The lowest BCUT2D eigenvalue weighted by Gasteiger charge is -2.04. The zero-order valence-electron chi connectivity index (χ0n) is 7.40. The van der Waals surface area contributed by atoms with Gasteiger partial charge in [-0.15, -0.1) is 0 Å². The summed E-state index contributed by atoms with van der Waals surface area (Å²) in [6.07, 6.45) is 0. The van der Waals surface area contributed by atoms with Crippen LogP contribution in [0, 0.1) is 0 Å². The lowest BCUT2D eigenvalue weighted by atomic mass is 10.0. The van der Waals surface area contributed by atoms with Gasteiger partial charge in [-0.1, -0.05) is 18.2 Å². The highest BCUT2D eigenvalue weighted by atomic mass is 35.5. The molecule has 0 atom stereocenters. The second-order valence-electron chi connectivity index (χ2n) is 2.58. The predicted molar refractivity (Wildman–Crippen MR) is 51.7 cm³/mol. The first kappa shape index (κ1) is 10.5. The Morgan fingerprint density at radius 1 is 1.43 bits per heavy atom. The van der Waals surface area contributed by atoms with Gasteiger partial charge >= 0.3 is 0 Å². The number of ketones is 1. The van der Waals surface area contributed by atoms with E-state index in [0.29, 0.717) is 11.1 Å². The van der Waals surface area contributed by atoms with Crippen molar-refractivity contribution in [2.45, 2.75) is 6.92 Å². The van der Waals surface area contributed by atoms with Crippen LogP contribution in [0.1, 0.15) is 22.8 Å². The lowest BCUT2D eigenvalue weighted by Crippen LogP contribution is -2.07. The molecular weight excluding hydrogens is 206 g/mol. The molecule has 0 radical (unpaired) electrons. The Labute approximate surface area is 85.9 Å². The summed E-state index contributed by atoms with van der Waals surface area (Å²) in [5.74, 6) is -0.354. The normalized spacial score (nSPS) is 11.1. The van der Waals surface area contributed by atoms with E-state index in [9.17, 15) is 4.79 Å². The number of Topliss-reactive ketones (excluding diaryl/α,β-unsaturated/α-hetero) is 1. The van der Waals surface area contributed by atoms with Gasteiger partial charge in [0, 0.05) is 5.56 Å². The Bertz CT molecular complexity index is 376. The van der Waals surface area contributed by atoms with Crippen molar-refractivity contribution < 1.29 is 14.3 Å². The number of oxime groups is 1. The van der Waals surface area contributed by atoms with Gasteiger partial charge < -0.3 is 9.50 Å². The third-order valence-corrected chi connectivity index (χ3v) is 1.85. The molecule has 0 saturated heterocycles. The standard InChI is InChI=1S/C9H8ClNO3/c1-6(12)7-4-2-3-5-8(7)9(11-13)14-10/h2-5,13H,1H3. The zero-order valence-corrected chi connectivity index (χ0v) is 8.15. The van der Waals surface area contributed by atoms with Gasteiger partial charge in [-0.25, -0.2) is 0 Å². The summed E-state index contributed by atoms with van der Waals surface area (Å²) in [5.41, 5.74) is 0.749. The Hall–Kier alpha value is -1.55. The van der Waals surface area contributed by atoms with E-state index in [0.717, 1.165) is 0 Å². The smallest absolute Gasteiger partial charge is 0.280 e. The van der Waals surface area contributed by atoms with Crippen molar-refractivity contribution in [1.29, 1.82) is 0 Å². The Morgan fingerprint density at radius 2 is 2.00 bits per heavy atom. The van der Waals surface area contributed by atoms with E-state index in [1.165, 1.54) is 6.92 Å². The van der Waals surface area contributed by atoms with Crippen molar-refractivity contribution in [1.82, 2.24) is 0 Å². The van der Waals surface area contributed by atoms with E-state index in [4.69, 9.17) is 17.1 Å². The highest BCUT2D eigenvalue weighted by Crippen LogP contribution is 2.12. The highest BCUT2D eigenvalue weighted by molar-refractivity contribution is 6.18. The van der Waals surface area contributed by atoms with E-state index >= 15 is 0 Å². The van der Waals surface area contributed by atoms with Crippen molar-refractivity contribution in [3.8, 4) is 0 Å². The number of nitrogens with zero attached hydrogens (tertiary/aromatic N) is 1. The molecule has 1 aromatic carbocycles. The average Bonchev–Trinajstić information content (AvgIpc) is 2.20. The zero-order chi connectivity index (χ0) is 10.6. The minimum Gasteiger partial charge on any atom is -0.408 e. The molecule has 0 aliphatic rings. The van der Waals surface area contributed by atoms with Crippen LogP contribution in [0.4, 0.5) is 0 Å². The van der Waals surface area contributed by atoms with Crippen molar-refractivity contribution in [3.63, 3.8) is 0 Å². The van der Waals surface area contributed by atoms with Gasteiger partial charge in [-0.05, 0) is 18.1 Å². The fourth-order valence-electron chi connectivity index (χ4n) is 1.09. The van der Waals surface area contributed by atoms with E-state index in [2.05, 4.69) is 9.45 Å². The molecule has 5 heteroatoms. The fourth-order valence-corrected chi connectivity index (χ4v) is 1.20. The summed E-state index contributed by atoms with van der Waals surface area (Å²) in [6.45, 7) is 1.40. The van der Waals surface area contributed by atoms with Crippen LogP contribution >= 0.6 is 11.9 Å². The quantitative estimate of drug-likeness (QED) is 0.269. The third-order valence-electron chi connectivity index (χ3n) is 1.70. The summed E-state index contributed by atoms with van der Waals surface area (Å²) in [5, 5.41) is 11.4. The lowest BCUT2D eigenvalue weighted by molar-refractivity contribution is 0.101. The molecule has 4 nitrogen and oxygen atoms in total. The number of carbonyl (C=O) groups excluding carboxylic acids is 1. The van der Waals surface area contributed by atoms with Crippen LogP contribution in [0.15, 0.2) is 29.4 Å². The molecule has 0 heterocycles. The van der Waals surface area contributed by atoms with Gasteiger partial charge in [0.15, 0.2) is 5.78 Å². The van der Waals surface area contributed by atoms with Gasteiger partial charge in [-0.2, -0.15) is 0 Å².